The van der Waals surface area contributed by atoms with E-state index in [1.807, 2.05) is 0 Å². The number of hydrogen-bond acceptors (Lipinski definition) is 15. The Balaban J connectivity index is 5.25. The van der Waals surface area contributed by atoms with Gasteiger partial charge in [0, 0.05) is 25.7 Å². The van der Waals surface area contributed by atoms with Gasteiger partial charge in [-0.2, -0.15) is 0 Å². The van der Waals surface area contributed by atoms with Gasteiger partial charge in [-0.15, -0.1) is 0 Å². The van der Waals surface area contributed by atoms with E-state index in [0.717, 1.165) is 95.8 Å². The van der Waals surface area contributed by atoms with Crippen LogP contribution in [-0.2, 0) is 65.4 Å². The summed E-state index contributed by atoms with van der Waals surface area (Å²) >= 11 is 0. The number of carbonyl (C=O) groups excluding carboxylic acids is 4. The van der Waals surface area contributed by atoms with E-state index in [4.69, 9.17) is 37.0 Å². The van der Waals surface area contributed by atoms with E-state index in [1.54, 1.807) is 0 Å². The highest BCUT2D eigenvalue weighted by atomic mass is 31.2. The fourth-order valence-corrected chi connectivity index (χ4v) is 13.8. The molecule has 5 atom stereocenters. The second-order valence-electron chi connectivity index (χ2n) is 28.9. The summed E-state index contributed by atoms with van der Waals surface area (Å²) in [6.45, 7) is 7.34. The van der Waals surface area contributed by atoms with Gasteiger partial charge in [-0.25, -0.2) is 9.13 Å². The van der Waals surface area contributed by atoms with Gasteiger partial charge in [0.05, 0.1) is 26.4 Å². The van der Waals surface area contributed by atoms with Crippen LogP contribution in [0.4, 0.5) is 0 Å². The van der Waals surface area contributed by atoms with Crippen LogP contribution in [-0.4, -0.2) is 96.7 Å². The van der Waals surface area contributed by atoms with E-state index in [0.29, 0.717) is 25.7 Å². The van der Waals surface area contributed by atoms with Crippen molar-refractivity contribution >= 4 is 39.5 Å². The first-order chi connectivity index (χ1) is 47.5. The molecule has 582 valence electrons. The van der Waals surface area contributed by atoms with Crippen molar-refractivity contribution in [1.82, 2.24) is 0 Å². The van der Waals surface area contributed by atoms with Crippen LogP contribution in [0.1, 0.15) is 420 Å². The molecule has 98 heavy (non-hydrogen) atoms. The van der Waals surface area contributed by atoms with Crippen LogP contribution < -0.4 is 0 Å². The normalized spacial score (nSPS) is 13.9. The summed E-state index contributed by atoms with van der Waals surface area (Å²) in [7, 11) is -9.91. The third-order valence-electron chi connectivity index (χ3n) is 18.5. The molecule has 0 fully saturated rings. The minimum atomic E-state index is -4.96. The minimum Gasteiger partial charge on any atom is -0.462 e. The second kappa shape index (κ2) is 72.0. The fourth-order valence-electron chi connectivity index (χ4n) is 12.2. The summed E-state index contributed by atoms with van der Waals surface area (Å²) in [5, 5.41) is 10.6. The average molecular weight is 1440 g/mol. The van der Waals surface area contributed by atoms with Crippen LogP contribution in [0, 0.1) is 5.92 Å². The van der Waals surface area contributed by atoms with Crippen molar-refractivity contribution in [2.24, 2.45) is 5.92 Å². The summed E-state index contributed by atoms with van der Waals surface area (Å²) in [6, 6.07) is 0. The van der Waals surface area contributed by atoms with Crippen molar-refractivity contribution in [2.45, 2.75) is 438 Å². The maximum Gasteiger partial charge on any atom is 0.472 e. The summed E-state index contributed by atoms with van der Waals surface area (Å²) in [5.74, 6) is -1.31. The highest BCUT2D eigenvalue weighted by Crippen LogP contribution is 2.45. The van der Waals surface area contributed by atoms with E-state index < -0.39 is 97.5 Å². The van der Waals surface area contributed by atoms with Crippen molar-refractivity contribution < 1.29 is 80.2 Å². The Hall–Kier alpha value is -1.94. The first kappa shape index (κ1) is 96.1. The molecule has 0 aliphatic heterocycles. The number of phosphoric ester groups is 2. The smallest absolute Gasteiger partial charge is 0.462 e. The molecule has 0 aromatic rings. The van der Waals surface area contributed by atoms with Crippen LogP contribution in [0.25, 0.3) is 0 Å². The van der Waals surface area contributed by atoms with Gasteiger partial charge in [0.25, 0.3) is 0 Å². The largest absolute Gasteiger partial charge is 0.472 e. The zero-order valence-corrected chi connectivity index (χ0v) is 65.7. The monoisotopic (exact) mass is 1440 g/mol. The van der Waals surface area contributed by atoms with Gasteiger partial charge in [0.15, 0.2) is 12.2 Å². The third-order valence-corrected chi connectivity index (χ3v) is 20.4. The van der Waals surface area contributed by atoms with Gasteiger partial charge in [0.1, 0.15) is 19.3 Å². The summed E-state index contributed by atoms with van der Waals surface area (Å²) in [6.07, 6.45) is 62.2. The molecule has 0 spiro atoms. The number of esters is 4. The number of carbonyl (C=O) groups is 4. The predicted octanol–water partition coefficient (Wildman–Crippen LogP) is 23.6. The Morgan fingerprint density at radius 2 is 0.469 bits per heavy atom. The highest BCUT2D eigenvalue weighted by molar-refractivity contribution is 7.47. The topological polar surface area (TPSA) is 237 Å². The first-order valence-corrected chi connectivity index (χ1v) is 44.1. The molecule has 0 rings (SSSR count). The first-order valence-electron chi connectivity index (χ1n) is 41.1. The number of unbranched alkanes of at least 4 members (excludes halogenated alkanes) is 51. The summed E-state index contributed by atoms with van der Waals surface area (Å²) in [5.41, 5.74) is 0. The molecule has 3 N–H and O–H groups in total. The predicted molar refractivity (Wildman–Crippen MR) is 400 cm³/mol. The van der Waals surface area contributed by atoms with Crippen LogP contribution in [0.15, 0.2) is 0 Å². The maximum atomic E-state index is 13.1. The number of hydrogen-bond donors (Lipinski definition) is 3. The third kappa shape index (κ3) is 72.4. The maximum absolute atomic E-state index is 13.1. The zero-order chi connectivity index (χ0) is 71.9. The van der Waals surface area contributed by atoms with E-state index >= 15 is 0 Å². The van der Waals surface area contributed by atoms with Crippen LogP contribution in [0.3, 0.4) is 0 Å². The van der Waals surface area contributed by atoms with Gasteiger partial charge in [-0.3, -0.25) is 37.3 Å². The highest BCUT2D eigenvalue weighted by Gasteiger charge is 2.30. The molecule has 0 saturated carbocycles. The molecule has 2 unspecified atom stereocenters. The van der Waals surface area contributed by atoms with E-state index in [-0.39, 0.29) is 25.7 Å². The number of aliphatic hydroxyl groups is 1. The van der Waals surface area contributed by atoms with Crippen molar-refractivity contribution in [3.63, 3.8) is 0 Å². The van der Waals surface area contributed by atoms with Gasteiger partial charge in [-0.05, 0) is 31.6 Å². The van der Waals surface area contributed by atoms with E-state index in [1.165, 1.54) is 244 Å². The Bertz CT molecular complexity index is 1870. The molecular weight excluding hydrogens is 1280 g/mol. The van der Waals surface area contributed by atoms with E-state index in [9.17, 15) is 43.2 Å². The minimum absolute atomic E-state index is 0.108. The van der Waals surface area contributed by atoms with Gasteiger partial charge in [0.2, 0.25) is 0 Å². The number of ether oxygens (including phenoxy) is 4. The standard InChI is InChI=1S/C79H154O17P2/c1-6-9-12-15-18-21-24-27-28-29-30-34-39-43-48-53-58-63-77(82)90-69-75(96-79(84)65-60-55-50-45-40-35-32-31-33-36-41-46-51-56-61-72(4)5)71-94-98(87,88)92-67-73(80)66-91-97(85,86)93-70-74(95-78(83)64-59-54-49-44-38-26-23-20-17-14-11-8-3)68-89-76(81)62-57-52-47-42-37-25-22-19-16-13-10-7-2/h72-75,80H,6-71H2,1-5H3,(H,85,86)(H,87,88)/t73-,74+,75+/m0/s1. The molecule has 0 heterocycles. The SMILES string of the molecule is CCCCCCCCCCCCCCCCCCCC(=O)OC[C@H](COP(=O)(O)OC[C@@H](O)COP(=O)(O)OC[C@@H](COC(=O)CCCCCCCCCCCCCC)OC(=O)CCCCCCCCCCCCCC)OC(=O)CCCCCCCCCCCCCCCCC(C)C. The molecule has 0 amide bonds. The zero-order valence-electron chi connectivity index (χ0n) is 63.9. The Kier molecular flexibility index (Phi) is 70.6. The molecular formula is C79H154O17P2. The Labute approximate surface area is 600 Å². The lowest BCUT2D eigenvalue weighted by atomic mass is 10.0. The second-order valence-corrected chi connectivity index (χ2v) is 31.8. The van der Waals surface area contributed by atoms with Gasteiger partial charge in [-0.1, -0.05) is 369 Å². The average Bonchev–Trinajstić information content (AvgIpc) is 1.03. The molecule has 19 heteroatoms. The molecule has 0 aliphatic carbocycles. The number of phosphoric acid groups is 2. The molecule has 0 aromatic carbocycles. The van der Waals surface area contributed by atoms with Crippen molar-refractivity contribution in [3.8, 4) is 0 Å². The quantitative estimate of drug-likeness (QED) is 0.0222. The molecule has 0 bridgehead atoms. The number of aliphatic hydroxyl groups excluding tert-OH is 1. The number of rotatable bonds is 79. The molecule has 17 nitrogen and oxygen atoms in total. The molecule has 0 aromatic heterocycles. The summed E-state index contributed by atoms with van der Waals surface area (Å²) < 4.78 is 68.7. The molecule has 0 aliphatic rings. The van der Waals surface area contributed by atoms with Gasteiger partial charge < -0.3 is 33.8 Å². The molecule has 0 radical (unpaired) electrons. The summed E-state index contributed by atoms with van der Waals surface area (Å²) in [4.78, 5) is 73.0. The fraction of sp³-hybridized carbons (Fsp3) is 0.949. The van der Waals surface area contributed by atoms with E-state index in [2.05, 4.69) is 34.6 Å². The van der Waals surface area contributed by atoms with Crippen molar-refractivity contribution in [1.29, 1.82) is 0 Å². The lowest BCUT2D eigenvalue weighted by Gasteiger charge is -2.21. The van der Waals surface area contributed by atoms with Crippen molar-refractivity contribution in [3.05, 3.63) is 0 Å². The van der Waals surface area contributed by atoms with Crippen molar-refractivity contribution in [2.75, 3.05) is 39.6 Å². The Morgan fingerprint density at radius 1 is 0.276 bits per heavy atom. The molecule has 0 saturated heterocycles. The van der Waals surface area contributed by atoms with Crippen LogP contribution in [0.2, 0.25) is 0 Å². The Morgan fingerprint density at radius 3 is 0.694 bits per heavy atom. The van der Waals surface area contributed by atoms with Gasteiger partial charge >= 0.3 is 39.5 Å². The lowest BCUT2D eigenvalue weighted by molar-refractivity contribution is -0.161. The van der Waals surface area contributed by atoms with Crippen LogP contribution in [0.5, 0.6) is 0 Å². The van der Waals surface area contributed by atoms with Crippen LogP contribution >= 0.6 is 15.6 Å². The lowest BCUT2D eigenvalue weighted by Crippen LogP contribution is -2.30.